The molecule has 160 valence electrons. The zero-order valence-corrected chi connectivity index (χ0v) is 17.0. The first kappa shape index (κ1) is 19.6. The van der Waals surface area contributed by atoms with E-state index in [0.717, 1.165) is 22.3 Å². The highest BCUT2D eigenvalue weighted by Crippen LogP contribution is 2.44. The molecule has 1 aliphatic heterocycles. The van der Waals surface area contributed by atoms with Gasteiger partial charge < -0.3 is 20.1 Å². The lowest BCUT2D eigenvalue weighted by Crippen LogP contribution is -2.58. The normalized spacial score (nSPS) is 18.5. The molecular formula is C24H24N2O5. The van der Waals surface area contributed by atoms with Crippen molar-refractivity contribution in [1.82, 2.24) is 10.2 Å². The van der Waals surface area contributed by atoms with Crippen LogP contribution in [0.25, 0.3) is 11.1 Å². The summed E-state index contributed by atoms with van der Waals surface area (Å²) in [5.41, 5.74) is 3.71. The minimum atomic E-state index is -0.892. The van der Waals surface area contributed by atoms with Gasteiger partial charge in [0.15, 0.2) is 0 Å². The van der Waals surface area contributed by atoms with Gasteiger partial charge in [0, 0.05) is 24.9 Å². The number of alkyl carbamates (subject to hydrolysis) is 1. The molecule has 1 heterocycles. The Morgan fingerprint density at radius 3 is 2.13 bits per heavy atom. The molecule has 2 aliphatic carbocycles. The lowest BCUT2D eigenvalue weighted by molar-refractivity contribution is -0.146. The second-order valence-corrected chi connectivity index (χ2v) is 8.71. The number of nitrogens with one attached hydrogen (secondary N) is 1. The zero-order valence-electron chi connectivity index (χ0n) is 17.0. The Kier molecular flexibility index (Phi) is 4.68. The number of benzene rings is 2. The minimum absolute atomic E-state index is 0.00768. The molecule has 2 aromatic rings. The Bertz CT molecular complexity index is 1010. The van der Waals surface area contributed by atoms with Gasteiger partial charge in [0.2, 0.25) is 5.91 Å². The van der Waals surface area contributed by atoms with Crippen LogP contribution in [0.5, 0.6) is 0 Å². The van der Waals surface area contributed by atoms with Gasteiger partial charge in [-0.1, -0.05) is 48.5 Å². The van der Waals surface area contributed by atoms with E-state index < -0.39 is 17.6 Å². The molecule has 2 aromatic carbocycles. The number of rotatable bonds is 6. The van der Waals surface area contributed by atoms with Crippen LogP contribution in [-0.2, 0) is 14.3 Å². The maximum atomic E-state index is 12.8. The topological polar surface area (TPSA) is 95.9 Å². The van der Waals surface area contributed by atoms with Crippen LogP contribution in [0.2, 0.25) is 0 Å². The number of amides is 2. The molecule has 2 amide bonds. The standard InChI is InChI=1S/C24H24N2O5/c27-21(28)11-15-12-26(13-15)22(29)24(9-10-24)25-23(30)31-14-20-18-7-3-1-5-16(18)17-6-2-4-8-19(17)20/h1-8,15,20H,9-14H2,(H,25,30)(H,27,28). The van der Waals surface area contributed by atoms with Gasteiger partial charge in [-0.2, -0.15) is 0 Å². The van der Waals surface area contributed by atoms with Gasteiger partial charge >= 0.3 is 12.1 Å². The number of nitrogens with zero attached hydrogens (tertiary/aromatic N) is 1. The number of carbonyl (C=O) groups excluding carboxylic acids is 2. The number of ether oxygens (including phenoxy) is 1. The predicted molar refractivity (Wildman–Crippen MR) is 112 cm³/mol. The van der Waals surface area contributed by atoms with E-state index >= 15 is 0 Å². The first-order valence-corrected chi connectivity index (χ1v) is 10.6. The van der Waals surface area contributed by atoms with E-state index in [1.54, 1.807) is 4.90 Å². The summed E-state index contributed by atoms with van der Waals surface area (Å²) in [6.45, 7) is 1.06. The van der Waals surface area contributed by atoms with Gasteiger partial charge in [0.1, 0.15) is 12.1 Å². The number of carboxylic acids is 1. The van der Waals surface area contributed by atoms with Crippen molar-refractivity contribution in [2.75, 3.05) is 19.7 Å². The fourth-order valence-corrected chi connectivity index (χ4v) is 4.76. The van der Waals surface area contributed by atoms with Crippen molar-refractivity contribution in [3.8, 4) is 11.1 Å². The lowest BCUT2D eigenvalue weighted by atomic mass is 9.95. The van der Waals surface area contributed by atoms with Crippen molar-refractivity contribution in [2.24, 2.45) is 5.92 Å². The molecule has 0 spiro atoms. The number of fused-ring (bicyclic) bond motifs is 3. The largest absolute Gasteiger partial charge is 0.481 e. The molecule has 2 fully saturated rings. The van der Waals surface area contributed by atoms with Crippen LogP contribution in [0.3, 0.4) is 0 Å². The molecule has 1 saturated carbocycles. The molecule has 0 atom stereocenters. The van der Waals surface area contributed by atoms with Gasteiger partial charge in [0.25, 0.3) is 0 Å². The third-order valence-corrected chi connectivity index (χ3v) is 6.55. The molecule has 2 N–H and O–H groups in total. The summed E-state index contributed by atoms with van der Waals surface area (Å²) in [5, 5.41) is 11.6. The third kappa shape index (κ3) is 3.54. The maximum absolute atomic E-state index is 12.8. The number of carbonyl (C=O) groups is 3. The SMILES string of the molecule is O=C(O)CC1CN(C(=O)C2(NC(=O)OCC3c4ccccc4-c4ccccc43)CC2)C1. The summed E-state index contributed by atoms with van der Waals surface area (Å²) < 4.78 is 5.57. The van der Waals surface area contributed by atoms with E-state index in [1.807, 2.05) is 24.3 Å². The van der Waals surface area contributed by atoms with Crippen molar-refractivity contribution < 1.29 is 24.2 Å². The number of carboxylic acid groups (broad SMARTS) is 1. The van der Waals surface area contributed by atoms with Crippen LogP contribution < -0.4 is 5.32 Å². The molecule has 0 radical (unpaired) electrons. The summed E-state index contributed by atoms with van der Waals surface area (Å²) in [7, 11) is 0. The summed E-state index contributed by atoms with van der Waals surface area (Å²) in [5.74, 6) is -1.03. The van der Waals surface area contributed by atoms with Crippen LogP contribution in [0.4, 0.5) is 4.79 Å². The van der Waals surface area contributed by atoms with Crippen LogP contribution in [0.15, 0.2) is 48.5 Å². The molecule has 1 saturated heterocycles. The van der Waals surface area contributed by atoms with E-state index in [2.05, 4.69) is 29.6 Å². The monoisotopic (exact) mass is 420 g/mol. The second-order valence-electron chi connectivity index (χ2n) is 8.71. The average Bonchev–Trinajstić information content (AvgIpc) is 3.44. The molecule has 0 bridgehead atoms. The first-order chi connectivity index (χ1) is 15.0. The highest BCUT2D eigenvalue weighted by Gasteiger charge is 2.55. The smallest absolute Gasteiger partial charge is 0.408 e. The Hall–Kier alpha value is -3.35. The summed E-state index contributed by atoms with van der Waals surface area (Å²) in [6.07, 6.45) is 0.637. The molecule has 7 heteroatoms. The summed E-state index contributed by atoms with van der Waals surface area (Å²) in [4.78, 5) is 37.7. The minimum Gasteiger partial charge on any atom is -0.481 e. The maximum Gasteiger partial charge on any atom is 0.408 e. The van der Waals surface area contributed by atoms with Crippen molar-refractivity contribution >= 4 is 18.0 Å². The van der Waals surface area contributed by atoms with E-state index in [4.69, 9.17) is 9.84 Å². The first-order valence-electron chi connectivity index (χ1n) is 10.6. The fraction of sp³-hybridized carbons (Fsp3) is 0.375. The number of hydrogen-bond acceptors (Lipinski definition) is 4. The van der Waals surface area contributed by atoms with Gasteiger partial charge in [0.05, 0.1) is 6.42 Å². The Morgan fingerprint density at radius 1 is 1.00 bits per heavy atom. The van der Waals surface area contributed by atoms with Crippen molar-refractivity contribution in [1.29, 1.82) is 0 Å². The van der Waals surface area contributed by atoms with Crippen molar-refractivity contribution in [3.63, 3.8) is 0 Å². The molecule has 3 aliphatic rings. The van der Waals surface area contributed by atoms with Crippen molar-refractivity contribution in [2.45, 2.75) is 30.7 Å². The van der Waals surface area contributed by atoms with E-state index in [9.17, 15) is 14.4 Å². The average molecular weight is 420 g/mol. The second kappa shape index (κ2) is 7.41. The fourth-order valence-electron chi connectivity index (χ4n) is 4.76. The molecular weight excluding hydrogens is 396 g/mol. The molecule has 0 aromatic heterocycles. The Morgan fingerprint density at radius 2 is 1.58 bits per heavy atom. The molecule has 31 heavy (non-hydrogen) atoms. The van der Waals surface area contributed by atoms with Crippen LogP contribution >= 0.6 is 0 Å². The molecule has 5 rings (SSSR count). The molecule has 0 unspecified atom stereocenters. The lowest BCUT2D eigenvalue weighted by Gasteiger charge is -2.40. The van der Waals surface area contributed by atoms with Crippen LogP contribution in [0.1, 0.15) is 36.3 Å². The van der Waals surface area contributed by atoms with Gasteiger partial charge in [-0.25, -0.2) is 4.79 Å². The number of hydrogen-bond donors (Lipinski definition) is 2. The van der Waals surface area contributed by atoms with Gasteiger partial charge in [-0.3, -0.25) is 9.59 Å². The van der Waals surface area contributed by atoms with E-state index in [-0.39, 0.29) is 30.8 Å². The highest BCUT2D eigenvalue weighted by atomic mass is 16.5. The van der Waals surface area contributed by atoms with E-state index in [1.165, 1.54) is 0 Å². The number of aliphatic carboxylic acids is 1. The Balaban J connectivity index is 1.19. The van der Waals surface area contributed by atoms with Gasteiger partial charge in [-0.05, 0) is 35.1 Å². The Labute approximate surface area is 180 Å². The van der Waals surface area contributed by atoms with Crippen LogP contribution in [0, 0.1) is 5.92 Å². The summed E-state index contributed by atoms with van der Waals surface area (Å²) in [6, 6.07) is 16.3. The highest BCUT2D eigenvalue weighted by molar-refractivity contribution is 5.93. The molecule has 7 nitrogen and oxygen atoms in total. The van der Waals surface area contributed by atoms with E-state index in [0.29, 0.717) is 25.9 Å². The van der Waals surface area contributed by atoms with Crippen LogP contribution in [-0.4, -0.2) is 53.2 Å². The summed E-state index contributed by atoms with van der Waals surface area (Å²) >= 11 is 0. The zero-order chi connectivity index (χ0) is 21.6. The predicted octanol–water partition coefficient (Wildman–Crippen LogP) is 2.99. The number of likely N-dealkylation sites (tertiary alicyclic amines) is 1. The van der Waals surface area contributed by atoms with Crippen molar-refractivity contribution in [3.05, 3.63) is 59.7 Å². The quantitative estimate of drug-likeness (QED) is 0.749. The van der Waals surface area contributed by atoms with Gasteiger partial charge in [-0.15, -0.1) is 0 Å². The third-order valence-electron chi connectivity index (χ3n) is 6.55.